The smallest absolute Gasteiger partial charge is 0.137 e. The standard InChI is InChI=1S/C13H22ClN3O/c1-5-10-16-11(14)9(4)12(17-10)15-8-13(18,6-2)7-3/h18H,5-8H2,1-4H3,(H,15,16,17). The van der Waals surface area contributed by atoms with E-state index in [9.17, 15) is 5.11 Å². The van der Waals surface area contributed by atoms with Crippen molar-refractivity contribution in [3.63, 3.8) is 0 Å². The summed E-state index contributed by atoms with van der Waals surface area (Å²) in [6.07, 6.45) is 2.14. The van der Waals surface area contributed by atoms with Crippen LogP contribution in [0.4, 0.5) is 5.82 Å². The third-order valence-electron chi connectivity index (χ3n) is 3.35. The molecule has 0 radical (unpaired) electrons. The van der Waals surface area contributed by atoms with Gasteiger partial charge in [-0.15, -0.1) is 0 Å². The number of aromatic nitrogens is 2. The van der Waals surface area contributed by atoms with Gasteiger partial charge in [-0.2, -0.15) is 0 Å². The molecule has 0 aromatic carbocycles. The molecule has 4 nitrogen and oxygen atoms in total. The molecule has 0 unspecified atom stereocenters. The Morgan fingerprint density at radius 1 is 1.22 bits per heavy atom. The highest BCUT2D eigenvalue weighted by molar-refractivity contribution is 6.30. The summed E-state index contributed by atoms with van der Waals surface area (Å²) < 4.78 is 0. The predicted octanol–water partition coefficient (Wildman–Crippen LogP) is 2.96. The first kappa shape index (κ1) is 15.2. The Kier molecular flexibility index (Phi) is 5.35. The van der Waals surface area contributed by atoms with E-state index in [1.54, 1.807) is 0 Å². The van der Waals surface area contributed by atoms with Gasteiger partial charge in [0.05, 0.1) is 5.60 Å². The van der Waals surface area contributed by atoms with Crippen molar-refractivity contribution in [3.05, 3.63) is 16.5 Å². The quantitative estimate of drug-likeness (QED) is 0.781. The molecule has 102 valence electrons. The molecule has 1 aromatic heterocycles. The van der Waals surface area contributed by atoms with E-state index < -0.39 is 5.60 Å². The van der Waals surface area contributed by atoms with Crippen LogP contribution in [0, 0.1) is 6.92 Å². The fourth-order valence-corrected chi connectivity index (χ4v) is 1.80. The monoisotopic (exact) mass is 271 g/mol. The maximum absolute atomic E-state index is 10.2. The number of nitrogens with zero attached hydrogens (tertiary/aromatic N) is 2. The van der Waals surface area contributed by atoms with Gasteiger partial charge in [-0.3, -0.25) is 0 Å². The van der Waals surface area contributed by atoms with Gasteiger partial charge in [-0.05, 0) is 19.8 Å². The topological polar surface area (TPSA) is 58.0 Å². The van der Waals surface area contributed by atoms with E-state index in [2.05, 4.69) is 15.3 Å². The van der Waals surface area contributed by atoms with Crippen LogP contribution in [0.3, 0.4) is 0 Å². The number of aliphatic hydroxyl groups is 1. The predicted molar refractivity (Wildman–Crippen MR) is 75.2 cm³/mol. The Morgan fingerprint density at radius 3 is 2.33 bits per heavy atom. The normalized spacial score (nSPS) is 11.7. The SMILES string of the molecule is CCc1nc(Cl)c(C)c(NCC(O)(CC)CC)n1. The number of anilines is 1. The zero-order valence-corrected chi connectivity index (χ0v) is 12.3. The van der Waals surface area contributed by atoms with Gasteiger partial charge in [0.1, 0.15) is 16.8 Å². The maximum Gasteiger partial charge on any atom is 0.137 e. The van der Waals surface area contributed by atoms with Gasteiger partial charge in [-0.25, -0.2) is 9.97 Å². The Bertz CT molecular complexity index is 405. The Balaban J connectivity index is 2.87. The minimum Gasteiger partial charge on any atom is -0.388 e. The second-order valence-corrected chi connectivity index (χ2v) is 4.90. The van der Waals surface area contributed by atoms with E-state index in [0.717, 1.165) is 12.0 Å². The van der Waals surface area contributed by atoms with Crippen LogP contribution in [0.5, 0.6) is 0 Å². The van der Waals surface area contributed by atoms with Gasteiger partial charge in [0.25, 0.3) is 0 Å². The van der Waals surface area contributed by atoms with Crippen LogP contribution >= 0.6 is 11.6 Å². The van der Waals surface area contributed by atoms with Crippen LogP contribution in [0.15, 0.2) is 0 Å². The molecule has 0 bridgehead atoms. The van der Waals surface area contributed by atoms with E-state index in [1.807, 2.05) is 27.7 Å². The fourth-order valence-electron chi connectivity index (χ4n) is 1.61. The van der Waals surface area contributed by atoms with Crippen LogP contribution in [0.25, 0.3) is 0 Å². The second-order valence-electron chi connectivity index (χ2n) is 4.54. The van der Waals surface area contributed by atoms with Crippen molar-refractivity contribution in [1.29, 1.82) is 0 Å². The molecule has 5 heteroatoms. The van der Waals surface area contributed by atoms with Gasteiger partial charge in [-0.1, -0.05) is 32.4 Å². The van der Waals surface area contributed by atoms with Crippen LogP contribution in [0.2, 0.25) is 5.15 Å². The van der Waals surface area contributed by atoms with Gasteiger partial charge in [0.2, 0.25) is 0 Å². The average Bonchev–Trinajstić information content (AvgIpc) is 2.39. The second kappa shape index (κ2) is 6.34. The lowest BCUT2D eigenvalue weighted by Crippen LogP contribution is -2.35. The van der Waals surface area contributed by atoms with Crippen molar-refractivity contribution in [2.24, 2.45) is 0 Å². The first-order valence-electron chi connectivity index (χ1n) is 6.45. The summed E-state index contributed by atoms with van der Waals surface area (Å²) in [6.45, 7) is 8.28. The summed E-state index contributed by atoms with van der Waals surface area (Å²) in [5.41, 5.74) is 0.124. The third-order valence-corrected chi connectivity index (χ3v) is 3.72. The Labute approximate surface area is 114 Å². The van der Waals surface area contributed by atoms with Crippen molar-refractivity contribution in [2.45, 2.75) is 52.6 Å². The van der Waals surface area contributed by atoms with Gasteiger partial charge in [0, 0.05) is 18.5 Å². The van der Waals surface area contributed by atoms with E-state index in [-0.39, 0.29) is 0 Å². The molecule has 1 heterocycles. The van der Waals surface area contributed by atoms with Crippen molar-refractivity contribution in [3.8, 4) is 0 Å². The Morgan fingerprint density at radius 2 is 1.83 bits per heavy atom. The minimum absolute atomic E-state index is 0.470. The summed E-state index contributed by atoms with van der Waals surface area (Å²) in [7, 11) is 0. The highest BCUT2D eigenvalue weighted by Gasteiger charge is 2.22. The first-order valence-corrected chi connectivity index (χ1v) is 6.82. The molecule has 1 aromatic rings. The summed E-state index contributed by atoms with van der Waals surface area (Å²) in [4.78, 5) is 8.59. The van der Waals surface area contributed by atoms with Crippen molar-refractivity contribution in [2.75, 3.05) is 11.9 Å². The van der Waals surface area contributed by atoms with E-state index in [0.29, 0.717) is 36.2 Å². The molecule has 1 rings (SSSR count). The Hall–Kier alpha value is -0.870. The maximum atomic E-state index is 10.2. The molecular weight excluding hydrogens is 250 g/mol. The third kappa shape index (κ3) is 3.56. The molecule has 0 saturated carbocycles. The highest BCUT2D eigenvalue weighted by atomic mass is 35.5. The number of aryl methyl sites for hydroxylation is 1. The molecule has 0 aliphatic rings. The van der Waals surface area contributed by atoms with Crippen LogP contribution in [0.1, 0.15) is 45.0 Å². The lowest BCUT2D eigenvalue weighted by Gasteiger charge is -2.26. The lowest BCUT2D eigenvalue weighted by atomic mass is 9.97. The molecule has 2 N–H and O–H groups in total. The average molecular weight is 272 g/mol. The number of halogens is 1. The highest BCUT2D eigenvalue weighted by Crippen LogP contribution is 2.22. The number of nitrogens with one attached hydrogen (secondary N) is 1. The zero-order chi connectivity index (χ0) is 13.8. The van der Waals surface area contributed by atoms with Crippen molar-refractivity contribution in [1.82, 2.24) is 9.97 Å². The summed E-state index contributed by atoms with van der Waals surface area (Å²) in [5.74, 6) is 1.43. The molecule has 0 amide bonds. The van der Waals surface area contributed by atoms with Gasteiger partial charge >= 0.3 is 0 Å². The molecule has 0 saturated heterocycles. The molecular formula is C13H22ClN3O. The van der Waals surface area contributed by atoms with E-state index in [4.69, 9.17) is 11.6 Å². The molecule has 0 aliphatic carbocycles. The number of hydrogen-bond donors (Lipinski definition) is 2. The minimum atomic E-state index is -0.698. The van der Waals surface area contributed by atoms with E-state index >= 15 is 0 Å². The largest absolute Gasteiger partial charge is 0.388 e. The molecule has 18 heavy (non-hydrogen) atoms. The summed E-state index contributed by atoms with van der Waals surface area (Å²) >= 11 is 6.06. The van der Waals surface area contributed by atoms with Crippen molar-refractivity contribution >= 4 is 17.4 Å². The number of rotatable bonds is 6. The van der Waals surface area contributed by atoms with Crippen LogP contribution in [-0.2, 0) is 6.42 Å². The fraction of sp³-hybridized carbons (Fsp3) is 0.692. The van der Waals surface area contributed by atoms with Crippen molar-refractivity contribution < 1.29 is 5.11 Å². The molecule has 0 spiro atoms. The van der Waals surface area contributed by atoms with Crippen LogP contribution in [-0.4, -0.2) is 27.2 Å². The molecule has 0 fully saturated rings. The van der Waals surface area contributed by atoms with E-state index in [1.165, 1.54) is 0 Å². The van der Waals surface area contributed by atoms with Gasteiger partial charge in [0.15, 0.2) is 0 Å². The number of hydrogen-bond acceptors (Lipinski definition) is 4. The summed E-state index contributed by atoms with van der Waals surface area (Å²) in [6, 6.07) is 0. The zero-order valence-electron chi connectivity index (χ0n) is 11.5. The van der Waals surface area contributed by atoms with Gasteiger partial charge < -0.3 is 10.4 Å². The first-order chi connectivity index (χ1) is 8.45. The molecule has 0 aliphatic heterocycles. The lowest BCUT2D eigenvalue weighted by molar-refractivity contribution is 0.0456. The summed E-state index contributed by atoms with van der Waals surface area (Å²) in [5, 5.41) is 13.9. The molecule has 0 atom stereocenters. The van der Waals surface area contributed by atoms with Crippen LogP contribution < -0.4 is 5.32 Å².